The summed E-state index contributed by atoms with van der Waals surface area (Å²) < 4.78 is 13.3. The number of methoxy groups -OCH3 is 1. The average molecular weight is 409 g/mol. The maximum atomic E-state index is 13.3. The van der Waals surface area contributed by atoms with E-state index in [2.05, 4.69) is 15.7 Å². The molecule has 0 bridgehead atoms. The van der Waals surface area contributed by atoms with E-state index in [0.717, 1.165) is 24.3 Å². The molecule has 2 aromatic rings. The number of hydrogen-bond donors (Lipinski definition) is 2. The van der Waals surface area contributed by atoms with Crippen LogP contribution in [0.5, 0.6) is 5.75 Å². The highest BCUT2D eigenvalue weighted by Crippen LogP contribution is 2.28. The summed E-state index contributed by atoms with van der Waals surface area (Å²) in [6.07, 6.45) is 2.93. The van der Waals surface area contributed by atoms with Crippen LogP contribution in [0.2, 0.25) is 0 Å². The van der Waals surface area contributed by atoms with Gasteiger partial charge in [-0.05, 0) is 38.2 Å². The number of piperidine rings is 1. The van der Waals surface area contributed by atoms with Gasteiger partial charge in [-0.15, -0.1) is 12.4 Å². The van der Waals surface area contributed by atoms with Crippen LogP contribution in [0.15, 0.2) is 36.5 Å². The van der Waals surface area contributed by atoms with Gasteiger partial charge in [0.15, 0.2) is 5.60 Å². The van der Waals surface area contributed by atoms with Gasteiger partial charge in [-0.25, -0.2) is 0 Å². The van der Waals surface area contributed by atoms with E-state index in [9.17, 15) is 4.79 Å². The number of aryl methyl sites for hydroxylation is 2. The summed E-state index contributed by atoms with van der Waals surface area (Å²) in [7, 11) is 3.48. The fraction of sp³-hybridized carbons (Fsp3) is 0.500. The molecule has 1 aliphatic rings. The third-order valence-electron chi connectivity index (χ3n) is 5.01. The zero-order valence-corrected chi connectivity index (χ0v) is 17.4. The monoisotopic (exact) mass is 408 g/mol. The lowest BCUT2D eigenvalue weighted by Gasteiger charge is -2.37. The average Bonchev–Trinajstić information content (AvgIpc) is 3.10. The molecule has 2 heterocycles. The quantitative estimate of drug-likeness (QED) is 0.734. The van der Waals surface area contributed by atoms with E-state index in [-0.39, 0.29) is 24.4 Å². The van der Waals surface area contributed by atoms with Crippen LogP contribution in [0.25, 0.3) is 0 Å². The number of nitrogens with one attached hydrogen (secondary N) is 2. The fourth-order valence-electron chi connectivity index (χ4n) is 3.42. The number of amides is 1. The summed E-state index contributed by atoms with van der Waals surface area (Å²) in [6, 6.07) is 9.42. The Morgan fingerprint density at radius 2 is 1.96 bits per heavy atom. The van der Waals surface area contributed by atoms with Gasteiger partial charge in [0, 0.05) is 33.2 Å². The van der Waals surface area contributed by atoms with Gasteiger partial charge >= 0.3 is 0 Å². The topological polar surface area (TPSA) is 77.4 Å². The number of halogens is 1. The third kappa shape index (κ3) is 5.04. The van der Waals surface area contributed by atoms with Crippen LogP contribution in [-0.4, -0.2) is 48.1 Å². The number of hydrogen-bond acceptors (Lipinski definition) is 5. The highest BCUT2D eigenvalue weighted by molar-refractivity contribution is 5.86. The largest absolute Gasteiger partial charge is 0.477 e. The Bertz CT molecular complexity index is 757. The lowest BCUT2D eigenvalue weighted by molar-refractivity contribution is -0.140. The van der Waals surface area contributed by atoms with Crippen LogP contribution < -0.4 is 15.4 Å². The number of rotatable bonds is 7. The van der Waals surface area contributed by atoms with Crippen molar-refractivity contribution in [2.75, 3.05) is 26.8 Å². The number of benzene rings is 1. The fourth-order valence-corrected chi connectivity index (χ4v) is 3.42. The van der Waals surface area contributed by atoms with E-state index in [1.165, 1.54) is 0 Å². The Kier molecular flexibility index (Phi) is 7.86. The second-order valence-electron chi connectivity index (χ2n) is 7.02. The Balaban J connectivity index is 0.00000280. The van der Waals surface area contributed by atoms with Gasteiger partial charge in [0.05, 0.1) is 18.3 Å². The molecule has 3 rings (SSSR count). The van der Waals surface area contributed by atoms with E-state index in [0.29, 0.717) is 25.2 Å². The molecule has 0 saturated carbocycles. The summed E-state index contributed by atoms with van der Waals surface area (Å²) in [5, 5.41) is 10.6. The molecule has 1 fully saturated rings. The summed E-state index contributed by atoms with van der Waals surface area (Å²) in [4.78, 5) is 13.3. The molecule has 1 amide bonds. The highest BCUT2D eigenvalue weighted by atomic mass is 35.5. The van der Waals surface area contributed by atoms with Crippen LogP contribution >= 0.6 is 12.4 Å². The molecule has 1 aromatic carbocycles. The van der Waals surface area contributed by atoms with Crippen molar-refractivity contribution in [1.82, 2.24) is 20.4 Å². The minimum absolute atomic E-state index is 0. The van der Waals surface area contributed by atoms with Crippen molar-refractivity contribution >= 4 is 18.3 Å². The van der Waals surface area contributed by atoms with E-state index in [4.69, 9.17) is 9.47 Å². The Labute approximate surface area is 172 Å². The molecule has 154 valence electrons. The molecule has 1 unspecified atom stereocenters. The van der Waals surface area contributed by atoms with Crippen molar-refractivity contribution in [3.8, 4) is 5.75 Å². The Hall–Kier alpha value is -2.09. The molecule has 0 spiro atoms. The van der Waals surface area contributed by atoms with E-state index >= 15 is 0 Å². The van der Waals surface area contributed by atoms with Gasteiger partial charge in [0.2, 0.25) is 0 Å². The lowest BCUT2D eigenvalue weighted by Crippen LogP contribution is -2.57. The van der Waals surface area contributed by atoms with Gasteiger partial charge < -0.3 is 20.1 Å². The van der Waals surface area contributed by atoms with Gasteiger partial charge in [-0.2, -0.15) is 5.10 Å². The number of carbonyl (C=O) groups is 1. The molecule has 7 nitrogen and oxygen atoms in total. The van der Waals surface area contributed by atoms with Crippen molar-refractivity contribution in [3.63, 3.8) is 0 Å². The lowest BCUT2D eigenvalue weighted by atomic mass is 9.90. The molecule has 1 aromatic heterocycles. The standard InChI is InChI=1S/C20H28N4O3.ClH/c1-15-4-6-16(7-5-15)27-20(9-12-21-13-10-20)19(25)23-17(14-26-3)18-8-11-22-24(18)2;/h4-8,11,17,21H,9-10,12-14H2,1-3H3,(H,23,25);1H. The first-order valence-corrected chi connectivity index (χ1v) is 9.28. The number of carbonyl (C=O) groups excluding carboxylic acids is 1. The van der Waals surface area contributed by atoms with Crippen molar-refractivity contribution in [2.24, 2.45) is 7.05 Å². The van der Waals surface area contributed by atoms with Gasteiger partial charge in [-0.3, -0.25) is 9.48 Å². The van der Waals surface area contributed by atoms with Crippen LogP contribution in [-0.2, 0) is 16.6 Å². The highest BCUT2D eigenvalue weighted by Gasteiger charge is 2.43. The normalized spacial score (nSPS) is 16.7. The van der Waals surface area contributed by atoms with Crippen molar-refractivity contribution < 1.29 is 14.3 Å². The Morgan fingerprint density at radius 1 is 1.29 bits per heavy atom. The zero-order valence-electron chi connectivity index (χ0n) is 16.6. The first-order chi connectivity index (χ1) is 13.0. The summed E-state index contributed by atoms with van der Waals surface area (Å²) in [6.45, 7) is 3.87. The molecule has 0 aliphatic carbocycles. The number of ether oxygens (including phenoxy) is 2. The maximum Gasteiger partial charge on any atom is 0.264 e. The van der Waals surface area contributed by atoms with Crippen LogP contribution in [0, 0.1) is 6.92 Å². The number of aromatic nitrogens is 2. The molecule has 0 radical (unpaired) electrons. The molecular formula is C20H29ClN4O3. The molecule has 1 saturated heterocycles. The Morgan fingerprint density at radius 3 is 2.54 bits per heavy atom. The second kappa shape index (κ2) is 9.91. The van der Waals surface area contributed by atoms with Crippen LogP contribution in [0.4, 0.5) is 0 Å². The minimum atomic E-state index is -0.898. The molecule has 1 aliphatic heterocycles. The maximum absolute atomic E-state index is 13.3. The second-order valence-corrected chi connectivity index (χ2v) is 7.02. The molecule has 2 N–H and O–H groups in total. The van der Waals surface area contributed by atoms with Crippen molar-refractivity contribution in [3.05, 3.63) is 47.8 Å². The third-order valence-corrected chi connectivity index (χ3v) is 5.01. The van der Waals surface area contributed by atoms with E-state index < -0.39 is 5.60 Å². The van der Waals surface area contributed by atoms with Gasteiger partial charge in [-0.1, -0.05) is 17.7 Å². The van der Waals surface area contributed by atoms with Crippen LogP contribution in [0.3, 0.4) is 0 Å². The summed E-state index contributed by atoms with van der Waals surface area (Å²) >= 11 is 0. The number of nitrogens with zero attached hydrogens (tertiary/aromatic N) is 2. The van der Waals surface area contributed by atoms with E-state index in [1.54, 1.807) is 18.0 Å². The molecule has 1 atom stereocenters. The van der Waals surface area contributed by atoms with E-state index in [1.807, 2.05) is 44.3 Å². The van der Waals surface area contributed by atoms with Crippen molar-refractivity contribution in [2.45, 2.75) is 31.4 Å². The first-order valence-electron chi connectivity index (χ1n) is 9.28. The predicted molar refractivity (Wildman–Crippen MR) is 110 cm³/mol. The van der Waals surface area contributed by atoms with Gasteiger partial charge in [0.25, 0.3) is 5.91 Å². The SMILES string of the molecule is COCC(NC(=O)C1(Oc2ccc(C)cc2)CCNCC1)c1ccnn1C.Cl. The van der Waals surface area contributed by atoms with Crippen LogP contribution in [0.1, 0.15) is 30.1 Å². The first kappa shape index (κ1) is 22.2. The summed E-state index contributed by atoms with van der Waals surface area (Å²) in [5.41, 5.74) is 1.15. The smallest absolute Gasteiger partial charge is 0.264 e. The van der Waals surface area contributed by atoms with Gasteiger partial charge in [0.1, 0.15) is 5.75 Å². The summed E-state index contributed by atoms with van der Waals surface area (Å²) in [5.74, 6) is 0.592. The molecular weight excluding hydrogens is 380 g/mol. The molecule has 8 heteroatoms. The minimum Gasteiger partial charge on any atom is -0.477 e. The predicted octanol–water partition coefficient (Wildman–Crippen LogP) is 2.16. The molecule has 28 heavy (non-hydrogen) atoms. The van der Waals surface area contributed by atoms with Crippen molar-refractivity contribution in [1.29, 1.82) is 0 Å². The zero-order chi connectivity index (χ0) is 19.3.